The first-order valence-corrected chi connectivity index (χ1v) is 10.2. The van der Waals surface area contributed by atoms with E-state index in [2.05, 4.69) is 15.4 Å². The summed E-state index contributed by atoms with van der Waals surface area (Å²) in [6, 6.07) is 8.43. The molecule has 7 nitrogen and oxygen atoms in total. The van der Waals surface area contributed by atoms with Crippen LogP contribution in [0.3, 0.4) is 0 Å². The molecule has 1 aliphatic heterocycles. The maximum atomic E-state index is 12.6. The van der Waals surface area contributed by atoms with Crippen molar-refractivity contribution in [1.82, 2.24) is 0 Å². The predicted octanol–water partition coefficient (Wildman–Crippen LogP) is 3.06. The number of sulfone groups is 1. The number of benzene rings is 1. The molecule has 0 aliphatic carbocycles. The minimum Gasteiger partial charge on any atom is -0.371 e. The highest BCUT2D eigenvalue weighted by Gasteiger charge is 2.24. The van der Waals surface area contributed by atoms with Crippen LogP contribution < -0.4 is 10.3 Å². The molecule has 0 amide bonds. The van der Waals surface area contributed by atoms with E-state index in [0.717, 1.165) is 31.6 Å². The summed E-state index contributed by atoms with van der Waals surface area (Å²) in [6.07, 6.45) is 4.58. The minimum absolute atomic E-state index is 0.116. The van der Waals surface area contributed by atoms with Crippen LogP contribution in [0.5, 0.6) is 0 Å². The average Bonchev–Trinajstić information content (AvgIpc) is 2.91. The molecule has 0 spiro atoms. The highest BCUT2D eigenvalue weighted by molar-refractivity contribution is 7.92. The van der Waals surface area contributed by atoms with Gasteiger partial charge >= 0.3 is 0 Å². The van der Waals surface area contributed by atoms with Crippen molar-refractivity contribution in [1.29, 1.82) is 10.5 Å². The summed E-state index contributed by atoms with van der Waals surface area (Å²) >= 11 is 0. The van der Waals surface area contributed by atoms with Gasteiger partial charge in [-0.2, -0.15) is 15.6 Å². The smallest absolute Gasteiger partial charge is 0.237 e. The van der Waals surface area contributed by atoms with Crippen molar-refractivity contribution in [2.75, 3.05) is 23.4 Å². The maximum Gasteiger partial charge on any atom is 0.237 e. The second-order valence-electron chi connectivity index (χ2n) is 6.47. The molecule has 1 heterocycles. The van der Waals surface area contributed by atoms with E-state index in [4.69, 9.17) is 10.5 Å². The van der Waals surface area contributed by atoms with E-state index in [1.165, 1.54) is 12.8 Å². The summed E-state index contributed by atoms with van der Waals surface area (Å²) < 4.78 is 25.3. The summed E-state index contributed by atoms with van der Waals surface area (Å²) in [6.45, 7) is 5.06. The molecular weight excluding hydrogens is 350 g/mol. The number of hydrogen-bond acceptors (Lipinski definition) is 7. The van der Waals surface area contributed by atoms with Crippen LogP contribution in [0.1, 0.15) is 39.5 Å². The molecule has 0 radical (unpaired) electrons. The highest BCUT2D eigenvalue weighted by atomic mass is 32.2. The predicted molar refractivity (Wildman–Crippen MR) is 102 cm³/mol. The van der Waals surface area contributed by atoms with Crippen LogP contribution in [-0.2, 0) is 9.84 Å². The molecule has 0 atom stereocenters. The number of hydrazone groups is 1. The number of anilines is 2. The first-order valence-electron chi connectivity index (χ1n) is 8.67. The van der Waals surface area contributed by atoms with Crippen molar-refractivity contribution in [3.05, 3.63) is 18.2 Å². The lowest BCUT2D eigenvalue weighted by Crippen LogP contribution is -2.24. The van der Waals surface area contributed by atoms with Crippen molar-refractivity contribution >= 4 is 26.9 Å². The number of nitrogens with zero attached hydrogens (tertiary/aromatic N) is 4. The van der Waals surface area contributed by atoms with E-state index < -0.39 is 15.1 Å². The molecule has 2 rings (SSSR count). The quantitative estimate of drug-likeness (QED) is 0.627. The van der Waals surface area contributed by atoms with Gasteiger partial charge in [0.1, 0.15) is 12.1 Å². The van der Waals surface area contributed by atoms with Crippen LogP contribution in [0.25, 0.3) is 0 Å². The zero-order valence-electron chi connectivity index (χ0n) is 15.1. The van der Waals surface area contributed by atoms with Crippen LogP contribution >= 0.6 is 0 Å². The number of rotatable bonds is 5. The lowest BCUT2D eigenvalue weighted by atomic mass is 10.2. The topological polar surface area (TPSA) is 109 Å². The van der Waals surface area contributed by atoms with Gasteiger partial charge in [0.25, 0.3) is 0 Å². The first-order chi connectivity index (χ1) is 12.4. The van der Waals surface area contributed by atoms with Crippen molar-refractivity contribution in [3.8, 4) is 12.1 Å². The van der Waals surface area contributed by atoms with Gasteiger partial charge in [-0.1, -0.05) is 12.8 Å². The Hall–Kier alpha value is -2.58. The van der Waals surface area contributed by atoms with E-state index in [1.54, 1.807) is 38.1 Å². The Labute approximate surface area is 154 Å². The Kier molecular flexibility index (Phi) is 6.59. The molecule has 1 saturated heterocycles. The van der Waals surface area contributed by atoms with Crippen molar-refractivity contribution in [2.24, 2.45) is 5.10 Å². The Bertz CT molecular complexity index is 839. The fourth-order valence-electron chi connectivity index (χ4n) is 2.82. The summed E-state index contributed by atoms with van der Waals surface area (Å²) in [5.74, 6) is 0. The van der Waals surface area contributed by atoms with E-state index in [-0.39, 0.29) is 16.3 Å². The van der Waals surface area contributed by atoms with E-state index in [0.29, 0.717) is 0 Å². The van der Waals surface area contributed by atoms with Gasteiger partial charge < -0.3 is 4.90 Å². The molecule has 1 aromatic rings. The monoisotopic (exact) mass is 373 g/mol. The SMILES string of the molecule is CC(C)S(=O)(=O)c1ccc(N2CCCCCC2)cc1NN=C(C#N)C#N. The maximum absolute atomic E-state index is 12.6. The molecule has 1 N–H and O–H groups in total. The van der Waals surface area contributed by atoms with E-state index in [9.17, 15) is 8.42 Å². The van der Waals surface area contributed by atoms with Gasteiger partial charge in [-0.25, -0.2) is 8.42 Å². The Balaban J connectivity index is 2.47. The number of hydrogen-bond donors (Lipinski definition) is 1. The third-order valence-electron chi connectivity index (χ3n) is 4.36. The molecule has 1 fully saturated rings. The summed E-state index contributed by atoms with van der Waals surface area (Å²) in [4.78, 5) is 2.34. The van der Waals surface area contributed by atoms with Crippen molar-refractivity contribution in [2.45, 2.75) is 49.7 Å². The largest absolute Gasteiger partial charge is 0.371 e. The van der Waals surface area contributed by atoms with Gasteiger partial charge in [0.2, 0.25) is 5.71 Å². The van der Waals surface area contributed by atoms with Crippen molar-refractivity contribution < 1.29 is 8.42 Å². The third-order valence-corrected chi connectivity index (χ3v) is 6.57. The molecule has 0 bridgehead atoms. The molecule has 0 unspecified atom stereocenters. The van der Waals surface area contributed by atoms with Gasteiger partial charge in [-0.3, -0.25) is 5.43 Å². The van der Waals surface area contributed by atoms with Crippen molar-refractivity contribution in [3.63, 3.8) is 0 Å². The molecule has 1 aromatic carbocycles. The summed E-state index contributed by atoms with van der Waals surface area (Å²) in [7, 11) is -3.54. The zero-order valence-corrected chi connectivity index (χ0v) is 15.9. The molecule has 138 valence electrons. The number of nitriles is 2. The van der Waals surface area contributed by atoms with Crippen LogP contribution in [0, 0.1) is 22.7 Å². The fourth-order valence-corrected chi connectivity index (χ4v) is 4.00. The van der Waals surface area contributed by atoms with Crippen LogP contribution in [0.2, 0.25) is 0 Å². The van der Waals surface area contributed by atoms with Gasteiger partial charge in [-0.05, 0) is 44.9 Å². The summed E-state index contributed by atoms with van der Waals surface area (Å²) in [5, 5.41) is 20.8. The number of nitrogens with one attached hydrogen (secondary N) is 1. The van der Waals surface area contributed by atoms with E-state index >= 15 is 0 Å². The Morgan fingerprint density at radius 2 is 1.77 bits per heavy atom. The molecular formula is C18H23N5O2S. The van der Waals surface area contributed by atoms with Crippen LogP contribution in [-0.4, -0.2) is 32.5 Å². The van der Waals surface area contributed by atoms with Gasteiger partial charge in [-0.15, -0.1) is 0 Å². The standard InChI is InChI=1S/C18H23N5O2S/c1-14(2)26(24,25)18-8-7-16(23-9-5-3-4-6-10-23)11-17(18)22-21-15(12-19)13-20/h7-8,11,14,22H,3-6,9-10H2,1-2H3. The molecule has 0 saturated carbocycles. The Morgan fingerprint density at radius 3 is 2.31 bits per heavy atom. The first kappa shape index (κ1) is 19.7. The average molecular weight is 373 g/mol. The zero-order chi connectivity index (χ0) is 19.2. The molecule has 1 aliphatic rings. The molecule has 26 heavy (non-hydrogen) atoms. The van der Waals surface area contributed by atoms with Crippen LogP contribution in [0.4, 0.5) is 11.4 Å². The second-order valence-corrected chi connectivity index (χ2v) is 8.94. The lowest BCUT2D eigenvalue weighted by Gasteiger charge is -2.24. The lowest BCUT2D eigenvalue weighted by molar-refractivity contribution is 0.587. The second kappa shape index (κ2) is 8.68. The molecule has 0 aromatic heterocycles. The Morgan fingerprint density at radius 1 is 1.15 bits per heavy atom. The fraction of sp³-hybridized carbons (Fsp3) is 0.500. The van der Waals surface area contributed by atoms with Gasteiger partial charge in [0.05, 0.1) is 15.8 Å². The minimum atomic E-state index is -3.54. The summed E-state index contributed by atoms with van der Waals surface area (Å²) in [5.41, 5.74) is 3.43. The third kappa shape index (κ3) is 4.53. The normalized spacial score (nSPS) is 14.9. The van der Waals surface area contributed by atoms with Gasteiger partial charge in [0, 0.05) is 18.8 Å². The van der Waals surface area contributed by atoms with Gasteiger partial charge in [0.15, 0.2) is 9.84 Å². The van der Waals surface area contributed by atoms with Crippen LogP contribution in [0.15, 0.2) is 28.2 Å². The van der Waals surface area contributed by atoms with E-state index in [1.807, 2.05) is 6.07 Å². The molecule has 8 heteroatoms. The highest BCUT2D eigenvalue weighted by Crippen LogP contribution is 2.31.